The van der Waals surface area contributed by atoms with E-state index >= 15 is 0 Å². The topological polar surface area (TPSA) is 71.3 Å². The summed E-state index contributed by atoms with van der Waals surface area (Å²) in [4.78, 5) is 18.1. The first kappa shape index (κ1) is 18.2. The molecular formula is C21H21FN4O2. The minimum Gasteiger partial charge on any atom is -0.374 e. The summed E-state index contributed by atoms with van der Waals surface area (Å²) in [5.74, 6) is 0.595. The molecule has 1 aliphatic heterocycles. The molecule has 0 unspecified atom stereocenters. The number of benzene rings is 2. The van der Waals surface area contributed by atoms with Crippen LogP contribution in [0.25, 0.3) is 11.4 Å². The zero-order valence-electron chi connectivity index (χ0n) is 15.8. The molecule has 1 amide bonds. The van der Waals surface area contributed by atoms with Crippen molar-refractivity contribution in [3.05, 3.63) is 59.7 Å². The molecular weight excluding hydrogens is 359 g/mol. The number of hydrogen-bond donors (Lipinski definition) is 1. The molecule has 28 heavy (non-hydrogen) atoms. The Hall–Kier alpha value is -3.22. The van der Waals surface area contributed by atoms with E-state index in [2.05, 4.69) is 15.5 Å². The number of carbonyl (C=O) groups is 1. The van der Waals surface area contributed by atoms with E-state index in [1.165, 1.54) is 6.07 Å². The van der Waals surface area contributed by atoms with Gasteiger partial charge in [-0.15, -0.1) is 0 Å². The number of nitrogens with zero attached hydrogens (tertiary/aromatic N) is 3. The van der Waals surface area contributed by atoms with E-state index in [0.29, 0.717) is 29.3 Å². The Kier molecular flexibility index (Phi) is 4.81. The van der Waals surface area contributed by atoms with Gasteiger partial charge >= 0.3 is 0 Å². The molecule has 1 aliphatic rings. The number of aryl methyl sites for hydroxylation is 1. The Morgan fingerprint density at radius 3 is 2.86 bits per heavy atom. The second-order valence-corrected chi connectivity index (χ2v) is 6.99. The quantitative estimate of drug-likeness (QED) is 0.706. The highest BCUT2D eigenvalue weighted by Gasteiger charge is 2.22. The predicted octanol–water partition coefficient (Wildman–Crippen LogP) is 4.48. The monoisotopic (exact) mass is 380 g/mol. The number of anilines is 2. The van der Waals surface area contributed by atoms with Crippen LogP contribution in [0.15, 0.2) is 47.0 Å². The first-order valence-corrected chi connectivity index (χ1v) is 9.28. The van der Waals surface area contributed by atoms with Gasteiger partial charge in [-0.05, 0) is 50.1 Å². The van der Waals surface area contributed by atoms with Gasteiger partial charge in [-0.1, -0.05) is 23.4 Å². The molecule has 6 nitrogen and oxygen atoms in total. The van der Waals surface area contributed by atoms with Crippen LogP contribution in [-0.2, 0) is 4.79 Å². The van der Waals surface area contributed by atoms with Gasteiger partial charge in [0.1, 0.15) is 11.9 Å². The molecule has 0 saturated carbocycles. The number of aromatic nitrogens is 2. The van der Waals surface area contributed by atoms with E-state index in [-0.39, 0.29) is 17.8 Å². The molecule has 3 aromatic rings. The third-order valence-electron chi connectivity index (χ3n) is 4.86. The molecule has 1 N–H and O–H groups in total. The lowest BCUT2D eigenvalue weighted by Gasteiger charge is -2.18. The number of amides is 1. The third kappa shape index (κ3) is 3.60. The van der Waals surface area contributed by atoms with Crippen molar-refractivity contribution in [2.75, 3.05) is 16.8 Å². The second-order valence-electron chi connectivity index (χ2n) is 6.99. The molecule has 2 aromatic carbocycles. The number of hydrogen-bond acceptors (Lipinski definition) is 5. The van der Waals surface area contributed by atoms with Gasteiger partial charge in [0.2, 0.25) is 17.6 Å². The molecule has 0 radical (unpaired) electrons. The van der Waals surface area contributed by atoms with Crippen LogP contribution >= 0.6 is 0 Å². The van der Waals surface area contributed by atoms with Crippen molar-refractivity contribution in [1.82, 2.24) is 10.1 Å². The number of nitrogens with one attached hydrogen (secondary N) is 1. The Balaban J connectivity index is 1.50. The lowest BCUT2D eigenvalue weighted by atomic mass is 10.1. The lowest BCUT2D eigenvalue weighted by Crippen LogP contribution is -2.23. The van der Waals surface area contributed by atoms with Crippen LogP contribution in [0.4, 0.5) is 15.8 Å². The van der Waals surface area contributed by atoms with Crippen molar-refractivity contribution in [2.45, 2.75) is 32.7 Å². The molecule has 1 fully saturated rings. The van der Waals surface area contributed by atoms with Gasteiger partial charge < -0.3 is 14.7 Å². The highest BCUT2D eigenvalue weighted by Crippen LogP contribution is 2.27. The van der Waals surface area contributed by atoms with Crippen LogP contribution in [0.5, 0.6) is 0 Å². The van der Waals surface area contributed by atoms with Crippen molar-refractivity contribution >= 4 is 17.3 Å². The minimum atomic E-state index is -0.303. The molecule has 0 aliphatic carbocycles. The standard InChI is InChI=1S/C21H21FN4O2/c1-13-8-9-15(11-18(13)22)20-24-21(28-25-20)14(2)23-16-5-3-6-17(12-16)26-10-4-7-19(26)27/h3,5-6,8-9,11-12,14,23H,4,7,10H2,1-2H3/t14-/m1/s1. The van der Waals surface area contributed by atoms with Crippen LogP contribution in [0.3, 0.4) is 0 Å². The Morgan fingerprint density at radius 2 is 2.11 bits per heavy atom. The summed E-state index contributed by atoms with van der Waals surface area (Å²) in [6, 6.07) is 12.3. The van der Waals surface area contributed by atoms with Crippen molar-refractivity contribution in [3.8, 4) is 11.4 Å². The van der Waals surface area contributed by atoms with Crippen molar-refractivity contribution in [3.63, 3.8) is 0 Å². The fourth-order valence-electron chi connectivity index (χ4n) is 3.26. The normalized spacial score (nSPS) is 15.1. The summed E-state index contributed by atoms with van der Waals surface area (Å²) in [5, 5.41) is 7.28. The zero-order chi connectivity index (χ0) is 19.7. The highest BCUT2D eigenvalue weighted by atomic mass is 19.1. The number of rotatable bonds is 5. The van der Waals surface area contributed by atoms with Gasteiger partial charge in [0.25, 0.3) is 0 Å². The molecule has 1 saturated heterocycles. The third-order valence-corrected chi connectivity index (χ3v) is 4.86. The lowest BCUT2D eigenvalue weighted by molar-refractivity contribution is -0.117. The smallest absolute Gasteiger partial charge is 0.249 e. The fraction of sp³-hybridized carbons (Fsp3) is 0.286. The molecule has 0 bridgehead atoms. The van der Waals surface area contributed by atoms with Gasteiger partial charge in [0.15, 0.2) is 0 Å². The van der Waals surface area contributed by atoms with Crippen LogP contribution in [0.2, 0.25) is 0 Å². The molecule has 7 heteroatoms. The first-order chi connectivity index (χ1) is 13.5. The number of carbonyl (C=O) groups excluding carboxylic acids is 1. The van der Waals surface area contributed by atoms with E-state index in [9.17, 15) is 9.18 Å². The van der Waals surface area contributed by atoms with Crippen molar-refractivity contribution < 1.29 is 13.7 Å². The van der Waals surface area contributed by atoms with E-state index in [4.69, 9.17) is 4.52 Å². The van der Waals surface area contributed by atoms with Gasteiger partial charge in [-0.3, -0.25) is 4.79 Å². The van der Waals surface area contributed by atoms with Gasteiger partial charge in [-0.2, -0.15) is 4.98 Å². The van der Waals surface area contributed by atoms with Gasteiger partial charge in [0, 0.05) is 29.9 Å². The average Bonchev–Trinajstić information content (AvgIpc) is 3.33. The molecule has 1 atom stereocenters. The largest absolute Gasteiger partial charge is 0.374 e. The summed E-state index contributed by atoms with van der Waals surface area (Å²) in [6.45, 7) is 4.36. The molecule has 144 valence electrons. The second kappa shape index (κ2) is 7.42. The Labute approximate surface area is 162 Å². The minimum absolute atomic E-state index is 0.150. The average molecular weight is 380 g/mol. The van der Waals surface area contributed by atoms with Crippen LogP contribution in [0, 0.1) is 12.7 Å². The summed E-state index contributed by atoms with van der Waals surface area (Å²) in [7, 11) is 0. The Morgan fingerprint density at radius 1 is 1.25 bits per heavy atom. The summed E-state index contributed by atoms with van der Waals surface area (Å²) in [5.41, 5.74) is 2.87. The predicted molar refractivity (Wildman–Crippen MR) is 104 cm³/mol. The van der Waals surface area contributed by atoms with Crippen LogP contribution in [-0.4, -0.2) is 22.6 Å². The van der Waals surface area contributed by atoms with E-state index in [1.807, 2.05) is 31.2 Å². The highest BCUT2D eigenvalue weighted by molar-refractivity contribution is 5.95. The fourth-order valence-corrected chi connectivity index (χ4v) is 3.26. The maximum atomic E-state index is 13.8. The number of halogens is 1. The maximum Gasteiger partial charge on any atom is 0.249 e. The van der Waals surface area contributed by atoms with Gasteiger partial charge in [0.05, 0.1) is 0 Å². The van der Waals surface area contributed by atoms with Crippen molar-refractivity contribution in [1.29, 1.82) is 0 Å². The summed E-state index contributed by atoms with van der Waals surface area (Å²) >= 11 is 0. The summed E-state index contributed by atoms with van der Waals surface area (Å²) in [6.07, 6.45) is 1.48. The van der Waals surface area contributed by atoms with E-state index in [0.717, 1.165) is 24.3 Å². The SMILES string of the molecule is Cc1ccc(-c2noc([C@@H](C)Nc3cccc(N4CCCC4=O)c3)n2)cc1F. The van der Waals surface area contributed by atoms with E-state index < -0.39 is 0 Å². The Bertz CT molecular complexity index is 1020. The van der Waals surface area contributed by atoms with Crippen molar-refractivity contribution in [2.24, 2.45) is 0 Å². The maximum absolute atomic E-state index is 13.8. The molecule has 4 rings (SSSR count). The molecule has 0 spiro atoms. The summed E-state index contributed by atoms with van der Waals surface area (Å²) < 4.78 is 19.1. The molecule has 2 heterocycles. The van der Waals surface area contributed by atoms with Crippen LogP contribution < -0.4 is 10.2 Å². The van der Waals surface area contributed by atoms with Crippen LogP contribution in [0.1, 0.15) is 37.3 Å². The van der Waals surface area contributed by atoms with Gasteiger partial charge in [-0.25, -0.2) is 4.39 Å². The first-order valence-electron chi connectivity index (χ1n) is 9.28. The van der Waals surface area contributed by atoms with E-state index in [1.54, 1.807) is 24.0 Å². The molecule has 1 aromatic heterocycles. The zero-order valence-corrected chi connectivity index (χ0v) is 15.8.